The largest absolute Gasteiger partial charge is 0.481 e. The van der Waals surface area contributed by atoms with Gasteiger partial charge in [0.2, 0.25) is 0 Å². The maximum Gasteiger partial charge on any atom is 0.303 e. The summed E-state index contributed by atoms with van der Waals surface area (Å²) in [6, 6.07) is 12.9. The van der Waals surface area contributed by atoms with E-state index in [-0.39, 0.29) is 24.1 Å². The van der Waals surface area contributed by atoms with Gasteiger partial charge in [-0.05, 0) is 58.7 Å². The molecule has 0 fully saturated rings. The van der Waals surface area contributed by atoms with Crippen molar-refractivity contribution in [2.45, 2.75) is 24.2 Å². The topological polar surface area (TPSA) is 37.3 Å². The molecule has 0 bridgehead atoms. The Morgan fingerprint density at radius 2 is 1.96 bits per heavy atom. The zero-order valence-corrected chi connectivity index (χ0v) is 14.4. The van der Waals surface area contributed by atoms with Gasteiger partial charge in [-0.3, -0.25) is 4.79 Å². The van der Waals surface area contributed by atoms with Crippen LogP contribution in [0.3, 0.4) is 0 Å². The molecule has 0 saturated heterocycles. The van der Waals surface area contributed by atoms with Crippen LogP contribution in [-0.2, 0) is 4.79 Å². The van der Waals surface area contributed by atoms with E-state index in [1.165, 1.54) is 17.0 Å². The van der Waals surface area contributed by atoms with Gasteiger partial charge in [0.1, 0.15) is 5.82 Å². The minimum absolute atomic E-state index is 0.0143. The molecule has 0 heterocycles. The fourth-order valence-corrected chi connectivity index (χ4v) is 3.81. The molecule has 124 valence electrons. The Balaban J connectivity index is 2.04. The average molecular weight is 342 g/mol. The molecule has 0 aromatic heterocycles. The first-order chi connectivity index (χ1) is 11.5. The van der Waals surface area contributed by atoms with E-state index in [1.54, 1.807) is 17.8 Å². The van der Waals surface area contributed by atoms with Gasteiger partial charge in [-0.25, -0.2) is 4.39 Å². The van der Waals surface area contributed by atoms with Gasteiger partial charge in [-0.15, -0.1) is 11.8 Å². The number of hydrogen-bond donors (Lipinski definition) is 1. The highest BCUT2D eigenvalue weighted by molar-refractivity contribution is 7.98. The van der Waals surface area contributed by atoms with Crippen LogP contribution in [0, 0.1) is 11.7 Å². The monoisotopic (exact) mass is 342 g/mol. The van der Waals surface area contributed by atoms with Crippen LogP contribution in [0.1, 0.15) is 36.0 Å². The molecule has 1 aliphatic carbocycles. The Bertz CT molecular complexity index is 796. The lowest BCUT2D eigenvalue weighted by molar-refractivity contribution is -0.137. The molecule has 24 heavy (non-hydrogen) atoms. The smallest absolute Gasteiger partial charge is 0.303 e. The van der Waals surface area contributed by atoms with Crippen molar-refractivity contribution in [2.75, 3.05) is 6.26 Å². The van der Waals surface area contributed by atoms with Crippen LogP contribution < -0.4 is 0 Å². The van der Waals surface area contributed by atoms with Crippen LogP contribution in [0.2, 0.25) is 0 Å². The molecule has 2 atom stereocenters. The van der Waals surface area contributed by atoms with Crippen molar-refractivity contribution in [1.29, 1.82) is 0 Å². The summed E-state index contributed by atoms with van der Waals surface area (Å²) in [7, 11) is 0. The van der Waals surface area contributed by atoms with Crippen LogP contribution in [0.15, 0.2) is 47.4 Å². The first-order valence-electron chi connectivity index (χ1n) is 7.87. The highest BCUT2D eigenvalue weighted by atomic mass is 32.2. The Morgan fingerprint density at radius 1 is 1.25 bits per heavy atom. The van der Waals surface area contributed by atoms with E-state index in [2.05, 4.69) is 30.3 Å². The summed E-state index contributed by atoms with van der Waals surface area (Å²) in [5, 5.41) is 9.20. The molecule has 0 aliphatic heterocycles. The van der Waals surface area contributed by atoms with E-state index < -0.39 is 5.97 Å². The number of thioether (sulfide) groups is 1. The van der Waals surface area contributed by atoms with E-state index in [1.807, 2.05) is 13.2 Å². The van der Waals surface area contributed by atoms with Crippen molar-refractivity contribution >= 4 is 29.4 Å². The fourth-order valence-electron chi connectivity index (χ4n) is 3.40. The van der Waals surface area contributed by atoms with Gasteiger partial charge >= 0.3 is 5.97 Å². The quantitative estimate of drug-likeness (QED) is 0.767. The first-order valence-corrected chi connectivity index (χ1v) is 9.09. The second-order valence-corrected chi connectivity index (χ2v) is 6.98. The fraction of sp³-hybridized carbons (Fsp3) is 0.250. The zero-order valence-electron chi connectivity index (χ0n) is 13.6. The van der Waals surface area contributed by atoms with Gasteiger partial charge in [0.15, 0.2) is 0 Å². The van der Waals surface area contributed by atoms with Crippen LogP contribution in [0.5, 0.6) is 0 Å². The zero-order chi connectivity index (χ0) is 17.3. The number of carboxylic acids is 1. The molecular weight excluding hydrogens is 323 g/mol. The molecule has 0 amide bonds. The molecular formula is C20H19FO2S. The van der Waals surface area contributed by atoms with Gasteiger partial charge in [0.05, 0.1) is 6.42 Å². The van der Waals surface area contributed by atoms with Crippen LogP contribution in [0.4, 0.5) is 4.39 Å². The Kier molecular flexibility index (Phi) is 4.76. The normalized spacial score (nSPS) is 21.0. The highest BCUT2D eigenvalue weighted by Crippen LogP contribution is 2.48. The Hall–Kier alpha value is -2.07. The third-order valence-electron chi connectivity index (χ3n) is 4.65. The molecule has 1 aliphatic rings. The van der Waals surface area contributed by atoms with Crippen molar-refractivity contribution in [1.82, 2.24) is 0 Å². The third-order valence-corrected chi connectivity index (χ3v) is 5.39. The van der Waals surface area contributed by atoms with Crippen molar-refractivity contribution in [3.05, 3.63) is 65.0 Å². The maximum absolute atomic E-state index is 13.7. The lowest BCUT2D eigenvalue weighted by Gasteiger charge is -2.15. The number of allylic oxidation sites excluding steroid dienone is 1. The van der Waals surface area contributed by atoms with Gasteiger partial charge in [0.25, 0.3) is 0 Å². The summed E-state index contributed by atoms with van der Waals surface area (Å²) in [5.74, 6) is -1.32. The molecule has 2 aromatic carbocycles. The molecule has 0 radical (unpaired) electrons. The van der Waals surface area contributed by atoms with Crippen molar-refractivity contribution in [3.8, 4) is 0 Å². The first kappa shape index (κ1) is 16.8. The van der Waals surface area contributed by atoms with Crippen LogP contribution in [0.25, 0.3) is 11.6 Å². The minimum Gasteiger partial charge on any atom is -0.481 e. The van der Waals surface area contributed by atoms with E-state index >= 15 is 0 Å². The van der Waals surface area contributed by atoms with E-state index in [4.69, 9.17) is 0 Å². The molecule has 2 nitrogen and oxygen atoms in total. The second-order valence-electron chi connectivity index (χ2n) is 6.10. The average Bonchev–Trinajstić information content (AvgIpc) is 2.80. The summed E-state index contributed by atoms with van der Waals surface area (Å²) in [6.45, 7) is 2.02. The molecule has 3 rings (SSSR count). The predicted molar refractivity (Wildman–Crippen MR) is 96.7 cm³/mol. The summed E-state index contributed by atoms with van der Waals surface area (Å²) in [5.41, 5.74) is 3.91. The van der Waals surface area contributed by atoms with Crippen LogP contribution >= 0.6 is 11.8 Å². The highest BCUT2D eigenvalue weighted by Gasteiger charge is 2.35. The summed E-state index contributed by atoms with van der Waals surface area (Å²) in [4.78, 5) is 12.4. The number of halogens is 1. The number of carbonyl (C=O) groups is 1. The number of fused-ring (bicyclic) bond motifs is 1. The molecule has 2 unspecified atom stereocenters. The molecule has 2 aromatic rings. The molecule has 0 spiro atoms. The molecule has 1 N–H and O–H groups in total. The minimum atomic E-state index is -0.854. The number of hydrogen-bond acceptors (Lipinski definition) is 2. The van der Waals surface area contributed by atoms with E-state index in [9.17, 15) is 14.3 Å². The summed E-state index contributed by atoms with van der Waals surface area (Å²) < 4.78 is 13.7. The van der Waals surface area contributed by atoms with Gasteiger partial charge in [-0.1, -0.05) is 31.2 Å². The van der Waals surface area contributed by atoms with Gasteiger partial charge < -0.3 is 5.11 Å². The lowest BCUT2D eigenvalue weighted by Crippen LogP contribution is -2.09. The van der Waals surface area contributed by atoms with Crippen molar-refractivity contribution in [3.63, 3.8) is 0 Å². The predicted octanol–water partition coefficient (Wildman–Crippen LogP) is 5.30. The van der Waals surface area contributed by atoms with Gasteiger partial charge in [-0.2, -0.15) is 0 Å². The number of rotatable bonds is 4. The number of benzene rings is 2. The summed E-state index contributed by atoms with van der Waals surface area (Å²) >= 11 is 1.69. The maximum atomic E-state index is 13.7. The van der Waals surface area contributed by atoms with Crippen LogP contribution in [-0.4, -0.2) is 17.3 Å². The SMILES string of the molecule is CSc1ccc(/C=C2\c3ccc(F)cc3C(CC(=O)O)C2C)cc1. The Labute approximate surface area is 145 Å². The lowest BCUT2D eigenvalue weighted by atomic mass is 9.89. The number of aliphatic carboxylic acids is 1. The summed E-state index contributed by atoms with van der Waals surface area (Å²) in [6.07, 6.45) is 4.14. The molecule has 4 heteroatoms. The third kappa shape index (κ3) is 3.24. The Morgan fingerprint density at radius 3 is 2.58 bits per heavy atom. The number of carboxylic acid groups (broad SMARTS) is 1. The van der Waals surface area contributed by atoms with Gasteiger partial charge in [0, 0.05) is 10.8 Å². The van der Waals surface area contributed by atoms with E-state index in [0.29, 0.717) is 0 Å². The van der Waals surface area contributed by atoms with Crippen molar-refractivity contribution in [2.24, 2.45) is 5.92 Å². The van der Waals surface area contributed by atoms with Crippen molar-refractivity contribution < 1.29 is 14.3 Å². The second kappa shape index (κ2) is 6.81. The standard InChI is InChI=1S/C20H19FO2S/c1-12-17(9-13-3-6-15(24-2)7-4-13)16-8-5-14(21)10-19(16)18(12)11-20(22)23/h3-10,12,18H,11H2,1-2H3,(H,22,23)/b17-9-. The molecule has 0 saturated carbocycles. The van der Waals surface area contributed by atoms with E-state index in [0.717, 1.165) is 22.3 Å².